The molecule has 2 N–H and O–H groups in total. The number of hydrogen-bond acceptors (Lipinski definition) is 2. The first-order chi connectivity index (χ1) is 7.04. The van der Waals surface area contributed by atoms with Crippen LogP contribution < -0.4 is 10.6 Å². The van der Waals surface area contributed by atoms with Crippen LogP contribution >= 0.6 is 0 Å². The Labute approximate surface area is 90.2 Å². The van der Waals surface area contributed by atoms with Crippen LogP contribution in [-0.2, 0) is 4.79 Å². The second-order valence-corrected chi connectivity index (χ2v) is 4.12. The molecule has 1 aliphatic rings. The van der Waals surface area contributed by atoms with Crippen molar-refractivity contribution in [1.82, 2.24) is 15.5 Å². The molecule has 1 saturated carbocycles. The van der Waals surface area contributed by atoms with Gasteiger partial charge in [0, 0.05) is 26.7 Å². The summed E-state index contributed by atoms with van der Waals surface area (Å²) in [5, 5.41) is 5.44. The fourth-order valence-electron chi connectivity index (χ4n) is 1.34. The highest BCUT2D eigenvalue weighted by Crippen LogP contribution is 2.18. The van der Waals surface area contributed by atoms with Gasteiger partial charge in [0.2, 0.25) is 5.91 Å². The first-order valence-corrected chi connectivity index (χ1v) is 5.27. The standard InChI is InChI=1S/C10H19N3O2/c1-7(9(14)11-2)6-13(3)10(15)12-8-4-5-8/h7-8H,4-6H2,1-3H3,(H,11,14)(H,12,15). The van der Waals surface area contributed by atoms with Crippen LogP contribution in [0.2, 0.25) is 0 Å². The van der Waals surface area contributed by atoms with Crippen molar-refractivity contribution in [3.05, 3.63) is 0 Å². The van der Waals surface area contributed by atoms with Crippen LogP contribution in [-0.4, -0.2) is 43.5 Å². The molecule has 5 heteroatoms. The lowest BCUT2D eigenvalue weighted by Gasteiger charge is -2.21. The maximum Gasteiger partial charge on any atom is 0.317 e. The van der Waals surface area contributed by atoms with E-state index in [0.717, 1.165) is 12.8 Å². The van der Waals surface area contributed by atoms with E-state index in [0.29, 0.717) is 12.6 Å². The van der Waals surface area contributed by atoms with Gasteiger partial charge in [-0.2, -0.15) is 0 Å². The Bertz CT molecular complexity index is 251. The summed E-state index contributed by atoms with van der Waals surface area (Å²) in [4.78, 5) is 24.3. The average molecular weight is 213 g/mol. The zero-order valence-corrected chi connectivity index (χ0v) is 9.54. The van der Waals surface area contributed by atoms with Gasteiger partial charge in [-0.05, 0) is 12.8 Å². The Balaban J connectivity index is 2.29. The number of amides is 3. The van der Waals surface area contributed by atoms with Crippen molar-refractivity contribution in [2.75, 3.05) is 20.6 Å². The number of urea groups is 1. The van der Waals surface area contributed by atoms with Crippen molar-refractivity contribution < 1.29 is 9.59 Å². The normalized spacial score (nSPS) is 16.7. The maximum atomic E-state index is 11.5. The van der Waals surface area contributed by atoms with Crippen molar-refractivity contribution >= 4 is 11.9 Å². The van der Waals surface area contributed by atoms with Crippen LogP contribution in [0.25, 0.3) is 0 Å². The zero-order valence-electron chi connectivity index (χ0n) is 9.54. The van der Waals surface area contributed by atoms with Crippen LogP contribution in [0.4, 0.5) is 4.79 Å². The molecule has 1 fully saturated rings. The molecule has 15 heavy (non-hydrogen) atoms. The van der Waals surface area contributed by atoms with Crippen molar-refractivity contribution in [2.45, 2.75) is 25.8 Å². The molecule has 0 aromatic heterocycles. The minimum Gasteiger partial charge on any atom is -0.359 e. The van der Waals surface area contributed by atoms with Crippen molar-refractivity contribution in [1.29, 1.82) is 0 Å². The summed E-state index contributed by atoms with van der Waals surface area (Å²) in [6, 6.07) is 0.267. The number of nitrogens with zero attached hydrogens (tertiary/aromatic N) is 1. The molecule has 5 nitrogen and oxygen atoms in total. The van der Waals surface area contributed by atoms with E-state index >= 15 is 0 Å². The molecule has 1 unspecified atom stereocenters. The molecule has 0 aliphatic heterocycles. The van der Waals surface area contributed by atoms with Gasteiger partial charge in [-0.1, -0.05) is 6.92 Å². The minimum atomic E-state index is -0.176. The predicted octanol–water partition coefficient (Wildman–Crippen LogP) is 0.172. The Hall–Kier alpha value is -1.26. The van der Waals surface area contributed by atoms with Crippen molar-refractivity contribution in [3.63, 3.8) is 0 Å². The summed E-state index contributed by atoms with van der Waals surface area (Å²) in [5.74, 6) is -0.217. The Morgan fingerprint density at radius 2 is 2.07 bits per heavy atom. The Morgan fingerprint density at radius 3 is 2.53 bits per heavy atom. The van der Waals surface area contributed by atoms with Gasteiger partial charge in [-0.25, -0.2) is 4.79 Å². The third-order valence-corrected chi connectivity index (χ3v) is 2.49. The molecule has 1 aliphatic carbocycles. The molecule has 0 radical (unpaired) electrons. The first-order valence-electron chi connectivity index (χ1n) is 5.27. The van der Waals surface area contributed by atoms with Crippen molar-refractivity contribution in [3.8, 4) is 0 Å². The van der Waals surface area contributed by atoms with Gasteiger partial charge in [0.1, 0.15) is 0 Å². The number of rotatable bonds is 4. The lowest BCUT2D eigenvalue weighted by atomic mass is 10.1. The lowest BCUT2D eigenvalue weighted by Crippen LogP contribution is -2.43. The van der Waals surface area contributed by atoms with Crippen molar-refractivity contribution in [2.24, 2.45) is 5.92 Å². The molecule has 86 valence electrons. The predicted molar refractivity (Wildman–Crippen MR) is 57.4 cm³/mol. The first kappa shape index (κ1) is 11.8. The van der Waals surface area contributed by atoms with E-state index < -0.39 is 0 Å². The average Bonchev–Trinajstić information content (AvgIpc) is 3.00. The number of nitrogens with one attached hydrogen (secondary N) is 2. The SMILES string of the molecule is CNC(=O)C(C)CN(C)C(=O)NC1CC1. The van der Waals surface area contributed by atoms with Gasteiger partial charge in [0.15, 0.2) is 0 Å². The molecular weight excluding hydrogens is 194 g/mol. The summed E-state index contributed by atoms with van der Waals surface area (Å²) in [5.41, 5.74) is 0. The topological polar surface area (TPSA) is 61.4 Å². The van der Waals surface area contributed by atoms with Gasteiger partial charge >= 0.3 is 6.03 Å². The van der Waals surface area contributed by atoms with E-state index in [1.807, 2.05) is 0 Å². The molecule has 3 amide bonds. The maximum absolute atomic E-state index is 11.5. The fourth-order valence-corrected chi connectivity index (χ4v) is 1.34. The number of hydrogen-bond donors (Lipinski definition) is 2. The van der Waals surface area contributed by atoms with E-state index in [1.165, 1.54) is 0 Å². The molecule has 1 rings (SSSR count). The highest BCUT2D eigenvalue weighted by molar-refractivity contribution is 5.79. The highest BCUT2D eigenvalue weighted by atomic mass is 16.2. The second kappa shape index (κ2) is 5.00. The van der Waals surface area contributed by atoms with E-state index in [1.54, 1.807) is 25.9 Å². The summed E-state index contributed by atoms with van der Waals surface area (Å²) in [7, 11) is 3.31. The summed E-state index contributed by atoms with van der Waals surface area (Å²) >= 11 is 0. The zero-order chi connectivity index (χ0) is 11.4. The number of carbonyl (C=O) groups is 2. The molecule has 0 aromatic rings. The van der Waals surface area contributed by atoms with Crippen LogP contribution in [0.3, 0.4) is 0 Å². The molecule has 1 atom stereocenters. The molecule has 0 aromatic carbocycles. The van der Waals surface area contributed by atoms with Crippen LogP contribution in [0.15, 0.2) is 0 Å². The van der Waals surface area contributed by atoms with Gasteiger partial charge in [0.05, 0.1) is 5.92 Å². The third kappa shape index (κ3) is 3.77. The van der Waals surface area contributed by atoms with Gasteiger partial charge < -0.3 is 15.5 Å². The van der Waals surface area contributed by atoms with Gasteiger partial charge in [0.25, 0.3) is 0 Å². The molecule has 0 saturated heterocycles. The number of carbonyl (C=O) groups excluding carboxylic acids is 2. The molecule has 0 bridgehead atoms. The van der Waals surface area contributed by atoms with Gasteiger partial charge in [-0.3, -0.25) is 4.79 Å². The van der Waals surface area contributed by atoms with Crippen LogP contribution in [0, 0.1) is 5.92 Å². The van der Waals surface area contributed by atoms with E-state index in [4.69, 9.17) is 0 Å². The van der Waals surface area contributed by atoms with Crippen LogP contribution in [0.5, 0.6) is 0 Å². The minimum absolute atomic E-state index is 0.0407. The Kier molecular flexibility index (Phi) is 3.94. The largest absolute Gasteiger partial charge is 0.359 e. The second-order valence-electron chi connectivity index (χ2n) is 4.12. The smallest absolute Gasteiger partial charge is 0.317 e. The summed E-state index contributed by atoms with van der Waals surface area (Å²) < 4.78 is 0. The Morgan fingerprint density at radius 1 is 1.47 bits per heavy atom. The monoisotopic (exact) mass is 213 g/mol. The van der Waals surface area contributed by atoms with E-state index in [2.05, 4.69) is 10.6 Å². The fraction of sp³-hybridized carbons (Fsp3) is 0.800. The molecule has 0 spiro atoms. The summed E-state index contributed by atoms with van der Waals surface area (Å²) in [6.07, 6.45) is 2.15. The summed E-state index contributed by atoms with van der Waals surface area (Å²) in [6.45, 7) is 2.25. The molecule has 0 heterocycles. The van der Waals surface area contributed by atoms with Gasteiger partial charge in [-0.15, -0.1) is 0 Å². The van der Waals surface area contributed by atoms with E-state index in [-0.39, 0.29) is 17.9 Å². The molecular formula is C10H19N3O2. The van der Waals surface area contributed by atoms with E-state index in [9.17, 15) is 9.59 Å². The quantitative estimate of drug-likeness (QED) is 0.699. The lowest BCUT2D eigenvalue weighted by molar-refractivity contribution is -0.124. The highest BCUT2D eigenvalue weighted by Gasteiger charge is 2.25. The third-order valence-electron chi connectivity index (χ3n) is 2.49. The van der Waals surface area contributed by atoms with Crippen LogP contribution in [0.1, 0.15) is 19.8 Å².